The van der Waals surface area contributed by atoms with E-state index >= 15 is 0 Å². The van der Waals surface area contributed by atoms with Crippen molar-refractivity contribution in [3.05, 3.63) is 29.8 Å². The Morgan fingerprint density at radius 3 is 2.44 bits per heavy atom. The molecule has 0 N–H and O–H groups in total. The molecule has 5 heteroatoms. The van der Waals surface area contributed by atoms with Gasteiger partial charge in [-0.2, -0.15) is 4.31 Å². The van der Waals surface area contributed by atoms with Gasteiger partial charge in [-0.15, -0.1) is 0 Å². The van der Waals surface area contributed by atoms with Gasteiger partial charge in [0.2, 0.25) is 10.0 Å². The lowest BCUT2D eigenvalue weighted by Crippen LogP contribution is -2.46. The van der Waals surface area contributed by atoms with E-state index < -0.39 is 15.7 Å². The number of benzene rings is 1. The Morgan fingerprint density at radius 1 is 1.28 bits per heavy atom. The van der Waals surface area contributed by atoms with E-state index in [0.29, 0.717) is 19.4 Å². The van der Waals surface area contributed by atoms with Gasteiger partial charge in [-0.05, 0) is 38.8 Å². The molecule has 0 bridgehead atoms. The molecule has 1 aliphatic rings. The molecule has 0 radical (unpaired) electrons. The summed E-state index contributed by atoms with van der Waals surface area (Å²) >= 11 is 0. The Kier molecular flexibility index (Phi) is 3.47. The molecule has 1 fully saturated rings. The van der Waals surface area contributed by atoms with Crippen molar-refractivity contribution in [2.75, 3.05) is 13.1 Å². The Balaban J connectivity index is 2.28. The van der Waals surface area contributed by atoms with E-state index in [2.05, 4.69) is 0 Å². The largest absolute Gasteiger partial charge is 0.243 e. The van der Waals surface area contributed by atoms with Gasteiger partial charge in [0.25, 0.3) is 0 Å². The molecule has 2 rings (SSSR count). The first-order valence-corrected chi connectivity index (χ1v) is 7.51. The smallest absolute Gasteiger partial charge is 0.243 e. The van der Waals surface area contributed by atoms with Crippen molar-refractivity contribution >= 4 is 10.0 Å². The van der Waals surface area contributed by atoms with Crippen LogP contribution in [0.25, 0.3) is 0 Å². The zero-order valence-corrected chi connectivity index (χ0v) is 11.5. The van der Waals surface area contributed by atoms with Crippen molar-refractivity contribution in [3.8, 4) is 0 Å². The summed E-state index contributed by atoms with van der Waals surface area (Å²) in [4.78, 5) is 0.241. The van der Waals surface area contributed by atoms with E-state index in [1.165, 1.54) is 11.2 Å². The third kappa shape index (κ3) is 2.72. The monoisotopic (exact) mass is 271 g/mol. The van der Waals surface area contributed by atoms with Crippen LogP contribution >= 0.6 is 0 Å². The summed E-state index contributed by atoms with van der Waals surface area (Å²) in [5.74, 6) is 0. The number of halogens is 1. The van der Waals surface area contributed by atoms with Gasteiger partial charge in [0.15, 0.2) is 0 Å². The molecule has 1 heterocycles. The molecular formula is C13H18FNO2S. The van der Waals surface area contributed by atoms with Gasteiger partial charge in [-0.1, -0.05) is 17.7 Å². The maximum absolute atomic E-state index is 13.9. The van der Waals surface area contributed by atoms with Crippen LogP contribution < -0.4 is 0 Å². The van der Waals surface area contributed by atoms with Gasteiger partial charge in [-0.3, -0.25) is 0 Å². The lowest BCUT2D eigenvalue weighted by molar-refractivity contribution is 0.102. The molecule has 1 unspecified atom stereocenters. The van der Waals surface area contributed by atoms with Crippen LogP contribution in [0.4, 0.5) is 4.39 Å². The fraction of sp³-hybridized carbons (Fsp3) is 0.538. The number of hydrogen-bond donors (Lipinski definition) is 0. The zero-order chi connectivity index (χ0) is 13.4. The van der Waals surface area contributed by atoms with E-state index in [0.717, 1.165) is 5.56 Å². The summed E-state index contributed by atoms with van der Waals surface area (Å²) < 4.78 is 39.9. The Labute approximate surface area is 108 Å². The van der Waals surface area contributed by atoms with Crippen LogP contribution in [-0.2, 0) is 10.0 Å². The predicted octanol–water partition coefficient (Wildman–Crippen LogP) is 2.51. The molecular weight excluding hydrogens is 253 g/mol. The predicted molar refractivity (Wildman–Crippen MR) is 68.7 cm³/mol. The summed E-state index contributed by atoms with van der Waals surface area (Å²) in [6.07, 6.45) is 0.991. The first-order chi connectivity index (χ1) is 8.31. The first-order valence-electron chi connectivity index (χ1n) is 6.07. The van der Waals surface area contributed by atoms with Crippen LogP contribution in [-0.4, -0.2) is 31.5 Å². The molecule has 0 saturated carbocycles. The maximum Gasteiger partial charge on any atom is 0.243 e. The molecule has 0 aromatic heterocycles. The number of rotatable bonds is 2. The van der Waals surface area contributed by atoms with Gasteiger partial charge in [0, 0.05) is 13.1 Å². The molecule has 100 valence electrons. The highest BCUT2D eigenvalue weighted by atomic mass is 32.2. The average molecular weight is 271 g/mol. The highest BCUT2D eigenvalue weighted by Crippen LogP contribution is 2.28. The second-order valence-corrected chi connectivity index (χ2v) is 7.11. The summed E-state index contributed by atoms with van der Waals surface area (Å²) in [6.45, 7) is 3.71. The average Bonchev–Trinajstić information content (AvgIpc) is 2.28. The maximum atomic E-state index is 13.9. The highest BCUT2D eigenvalue weighted by Gasteiger charge is 2.36. The van der Waals surface area contributed by atoms with Crippen molar-refractivity contribution in [1.29, 1.82) is 0 Å². The molecule has 3 nitrogen and oxygen atoms in total. The first kappa shape index (κ1) is 13.5. The Bertz CT molecular complexity index is 522. The minimum Gasteiger partial charge on any atom is -0.243 e. The molecule has 1 aromatic rings. The number of alkyl halides is 1. The molecule has 0 aliphatic carbocycles. The van der Waals surface area contributed by atoms with E-state index in [9.17, 15) is 12.8 Å². The van der Waals surface area contributed by atoms with Crippen LogP contribution in [0.5, 0.6) is 0 Å². The van der Waals surface area contributed by atoms with E-state index in [-0.39, 0.29) is 11.4 Å². The molecule has 0 amide bonds. The lowest BCUT2D eigenvalue weighted by atomic mass is 9.99. The molecule has 0 spiro atoms. The number of piperidine rings is 1. The van der Waals surface area contributed by atoms with Gasteiger partial charge < -0.3 is 0 Å². The SMILES string of the molecule is Cc1ccc(S(=O)(=O)N2CCCC(C)(F)C2)cc1. The van der Waals surface area contributed by atoms with Crippen LogP contribution in [0.1, 0.15) is 25.3 Å². The normalized spacial score (nSPS) is 26.2. The molecule has 1 atom stereocenters. The Morgan fingerprint density at radius 2 is 1.89 bits per heavy atom. The summed E-state index contributed by atoms with van der Waals surface area (Å²) in [5.41, 5.74) is -0.418. The number of nitrogens with zero attached hydrogens (tertiary/aromatic N) is 1. The van der Waals surface area contributed by atoms with Gasteiger partial charge in [0.05, 0.1) is 4.90 Å². The van der Waals surface area contributed by atoms with Crippen molar-refractivity contribution in [2.24, 2.45) is 0 Å². The Hall–Kier alpha value is -0.940. The molecule has 1 aromatic carbocycles. The molecule has 1 saturated heterocycles. The third-order valence-corrected chi connectivity index (χ3v) is 5.13. The second-order valence-electron chi connectivity index (χ2n) is 5.17. The van der Waals surface area contributed by atoms with E-state index in [1.54, 1.807) is 24.3 Å². The van der Waals surface area contributed by atoms with Gasteiger partial charge in [-0.25, -0.2) is 12.8 Å². The van der Waals surface area contributed by atoms with Crippen molar-refractivity contribution in [2.45, 2.75) is 37.3 Å². The minimum absolute atomic E-state index is 0.0524. The van der Waals surface area contributed by atoms with Crippen LogP contribution in [0.15, 0.2) is 29.2 Å². The van der Waals surface area contributed by atoms with E-state index in [1.807, 2.05) is 6.92 Å². The van der Waals surface area contributed by atoms with Crippen molar-refractivity contribution in [3.63, 3.8) is 0 Å². The molecule has 1 aliphatic heterocycles. The minimum atomic E-state index is -3.56. The highest BCUT2D eigenvalue weighted by molar-refractivity contribution is 7.89. The van der Waals surface area contributed by atoms with E-state index in [4.69, 9.17) is 0 Å². The van der Waals surface area contributed by atoms with Crippen LogP contribution in [0, 0.1) is 6.92 Å². The quantitative estimate of drug-likeness (QED) is 0.829. The summed E-state index contributed by atoms with van der Waals surface area (Å²) in [7, 11) is -3.56. The van der Waals surface area contributed by atoms with Crippen molar-refractivity contribution in [1.82, 2.24) is 4.31 Å². The van der Waals surface area contributed by atoms with Gasteiger partial charge >= 0.3 is 0 Å². The number of sulfonamides is 1. The molecule has 18 heavy (non-hydrogen) atoms. The summed E-state index contributed by atoms with van der Waals surface area (Å²) in [5, 5.41) is 0. The van der Waals surface area contributed by atoms with Crippen LogP contribution in [0.2, 0.25) is 0 Å². The number of aryl methyl sites for hydroxylation is 1. The zero-order valence-electron chi connectivity index (χ0n) is 10.7. The fourth-order valence-electron chi connectivity index (χ4n) is 2.21. The van der Waals surface area contributed by atoms with Crippen molar-refractivity contribution < 1.29 is 12.8 Å². The third-order valence-electron chi connectivity index (χ3n) is 3.27. The topological polar surface area (TPSA) is 37.4 Å². The number of hydrogen-bond acceptors (Lipinski definition) is 2. The lowest BCUT2D eigenvalue weighted by Gasteiger charge is -2.34. The fourth-order valence-corrected chi connectivity index (χ4v) is 3.80. The van der Waals surface area contributed by atoms with Crippen LogP contribution in [0.3, 0.4) is 0 Å². The second kappa shape index (κ2) is 4.63. The summed E-state index contributed by atoms with van der Waals surface area (Å²) in [6, 6.07) is 6.67. The standard InChI is InChI=1S/C13H18FNO2S/c1-11-4-6-12(7-5-11)18(16,17)15-9-3-8-13(2,14)10-15/h4-7H,3,8-10H2,1-2H3. The van der Waals surface area contributed by atoms with Gasteiger partial charge in [0.1, 0.15) is 5.67 Å².